The first-order chi connectivity index (χ1) is 14.0. The van der Waals surface area contributed by atoms with Crippen LogP contribution in [0.25, 0.3) is 0 Å². The van der Waals surface area contributed by atoms with Crippen molar-refractivity contribution in [3.63, 3.8) is 0 Å². The summed E-state index contributed by atoms with van der Waals surface area (Å²) in [4.78, 5) is 35.2. The summed E-state index contributed by atoms with van der Waals surface area (Å²) in [6.45, 7) is 1.63. The van der Waals surface area contributed by atoms with Gasteiger partial charge in [-0.15, -0.1) is 0 Å². The minimum atomic E-state index is -1.46. The molecule has 2 rings (SSSR count). The molecule has 2 heterocycles. The zero-order chi connectivity index (χ0) is 21.1. The number of rotatable bonds is 15. The minimum Gasteiger partial charge on any atom is -0.456 e. The lowest BCUT2D eigenvalue weighted by atomic mass is 9.92. The lowest BCUT2D eigenvalue weighted by Gasteiger charge is -2.18. The number of hydrogen-bond acceptors (Lipinski definition) is 6. The van der Waals surface area contributed by atoms with Crippen LogP contribution in [0.1, 0.15) is 84.0 Å². The monoisotopic (exact) mass is 409 g/mol. The number of ketones is 1. The summed E-state index contributed by atoms with van der Waals surface area (Å²) in [7, 11) is 0. The van der Waals surface area contributed by atoms with Crippen LogP contribution in [-0.2, 0) is 19.1 Å². The number of esters is 1. The number of alkyl carbamates (subject to hydrolysis) is 1. The average Bonchev–Trinajstić information content (AvgIpc) is 3.17. The van der Waals surface area contributed by atoms with Crippen LogP contribution in [0.4, 0.5) is 4.79 Å². The van der Waals surface area contributed by atoms with Crippen LogP contribution in [0, 0.1) is 0 Å². The molecule has 164 valence electrons. The van der Waals surface area contributed by atoms with Crippen molar-refractivity contribution < 1.29 is 29.0 Å². The number of allylic oxidation sites excluding steroid dienone is 1. The maximum Gasteiger partial charge on any atom is 0.408 e. The first-order valence-corrected chi connectivity index (χ1v) is 11.0. The van der Waals surface area contributed by atoms with Crippen LogP contribution in [0.2, 0.25) is 0 Å². The Morgan fingerprint density at radius 3 is 2.41 bits per heavy atom. The van der Waals surface area contributed by atoms with E-state index in [1.165, 1.54) is 12.8 Å². The molecule has 0 radical (unpaired) electrons. The maximum absolute atomic E-state index is 12.0. The van der Waals surface area contributed by atoms with Crippen LogP contribution >= 0.6 is 0 Å². The number of carbonyl (C=O) groups is 3. The number of aliphatic hydroxyl groups excluding tert-OH is 1. The molecule has 3 atom stereocenters. The minimum absolute atomic E-state index is 0.396. The molecule has 0 aromatic heterocycles. The highest BCUT2D eigenvalue weighted by Crippen LogP contribution is 2.34. The summed E-state index contributed by atoms with van der Waals surface area (Å²) < 4.78 is 10.4. The van der Waals surface area contributed by atoms with E-state index in [2.05, 4.69) is 12.2 Å². The number of amides is 1. The summed E-state index contributed by atoms with van der Waals surface area (Å²) in [5.74, 6) is -0.248. The van der Waals surface area contributed by atoms with E-state index in [4.69, 9.17) is 9.47 Å². The van der Waals surface area contributed by atoms with Crippen LogP contribution in [0.15, 0.2) is 12.2 Å². The Hall–Kier alpha value is -1.89. The predicted octanol–water partition coefficient (Wildman–Crippen LogP) is 3.58. The molecule has 0 saturated carbocycles. The van der Waals surface area contributed by atoms with E-state index in [0.717, 1.165) is 51.4 Å². The third kappa shape index (κ3) is 6.56. The van der Waals surface area contributed by atoms with Gasteiger partial charge in [0.05, 0.1) is 6.61 Å². The van der Waals surface area contributed by atoms with Gasteiger partial charge in [0.25, 0.3) is 0 Å². The fraction of sp³-hybridized carbons (Fsp3) is 0.773. The number of aliphatic hydroxyl groups is 1. The number of fused-ring (bicyclic) bond motifs is 1. The summed E-state index contributed by atoms with van der Waals surface area (Å²) in [6, 6.07) is 0. The van der Waals surface area contributed by atoms with Gasteiger partial charge in [-0.1, -0.05) is 51.2 Å². The van der Waals surface area contributed by atoms with Crippen molar-refractivity contribution in [1.82, 2.24) is 5.32 Å². The van der Waals surface area contributed by atoms with E-state index in [9.17, 15) is 19.5 Å². The molecule has 2 fully saturated rings. The molecule has 2 N–H and O–H groups in total. The molecule has 1 amide bonds. The second kappa shape index (κ2) is 12.0. The zero-order valence-electron chi connectivity index (χ0n) is 17.5. The molecule has 0 aliphatic carbocycles. The zero-order valence-corrected chi connectivity index (χ0v) is 17.5. The fourth-order valence-corrected chi connectivity index (χ4v) is 3.89. The molecule has 0 bridgehead atoms. The Morgan fingerprint density at radius 1 is 1.03 bits per heavy atom. The molecule has 0 aromatic carbocycles. The van der Waals surface area contributed by atoms with E-state index in [1.807, 2.05) is 12.2 Å². The Morgan fingerprint density at radius 2 is 1.72 bits per heavy atom. The standard InChI is InChI=1S/C22H35NO6/c1-2-3-4-10-13-17(25)14-11-8-6-5-7-9-12-15-18-19-22(16-24,20(26)28-18)23-21(27)29-19/h9,12,18-19,24H,2-8,10-11,13-16H2,1H3,(H,23,27)/b12-9+/t18-,19+,22+/m1/s1. The van der Waals surface area contributed by atoms with Crippen LogP contribution < -0.4 is 5.32 Å². The van der Waals surface area contributed by atoms with Gasteiger partial charge in [-0.2, -0.15) is 0 Å². The number of nitrogens with one attached hydrogen (secondary N) is 1. The van der Waals surface area contributed by atoms with E-state index < -0.39 is 36.4 Å². The predicted molar refractivity (Wildman–Crippen MR) is 108 cm³/mol. The first-order valence-electron chi connectivity index (χ1n) is 11.0. The molecular weight excluding hydrogens is 374 g/mol. The van der Waals surface area contributed by atoms with E-state index in [-0.39, 0.29) is 0 Å². The molecule has 0 spiro atoms. The highest BCUT2D eigenvalue weighted by atomic mass is 16.6. The molecule has 2 saturated heterocycles. The lowest BCUT2D eigenvalue weighted by molar-refractivity contribution is -0.147. The Labute approximate surface area is 173 Å². The molecule has 2 aliphatic rings. The topological polar surface area (TPSA) is 102 Å². The smallest absolute Gasteiger partial charge is 0.408 e. The highest BCUT2D eigenvalue weighted by Gasteiger charge is 2.64. The van der Waals surface area contributed by atoms with Crippen molar-refractivity contribution in [2.24, 2.45) is 0 Å². The van der Waals surface area contributed by atoms with Crippen LogP contribution in [-0.4, -0.2) is 47.3 Å². The van der Waals surface area contributed by atoms with E-state index in [0.29, 0.717) is 18.6 Å². The quantitative estimate of drug-likeness (QED) is 0.243. The summed E-state index contributed by atoms with van der Waals surface area (Å²) in [5.41, 5.74) is -1.46. The van der Waals surface area contributed by atoms with Crippen molar-refractivity contribution in [2.45, 2.75) is 102 Å². The molecule has 0 aromatic rings. The maximum atomic E-state index is 12.0. The second-order valence-electron chi connectivity index (χ2n) is 8.03. The number of carbonyl (C=O) groups excluding carboxylic acids is 3. The molecule has 0 unspecified atom stereocenters. The summed E-state index contributed by atoms with van der Waals surface area (Å²) in [5, 5.41) is 11.9. The third-order valence-electron chi connectivity index (χ3n) is 5.68. The number of Topliss-reactive ketones (excluding diaryl/α,β-unsaturated/α-hetero) is 1. The van der Waals surface area contributed by atoms with Crippen LogP contribution in [0.5, 0.6) is 0 Å². The summed E-state index contributed by atoms with van der Waals surface area (Å²) >= 11 is 0. The Bertz CT molecular complexity index is 590. The van der Waals surface area contributed by atoms with Crippen molar-refractivity contribution in [3.05, 3.63) is 12.2 Å². The molecule has 7 nitrogen and oxygen atoms in total. The van der Waals surface area contributed by atoms with Crippen molar-refractivity contribution in [2.75, 3.05) is 6.61 Å². The van der Waals surface area contributed by atoms with Gasteiger partial charge >= 0.3 is 12.1 Å². The number of cyclic esters (lactones) is 1. The van der Waals surface area contributed by atoms with Gasteiger partial charge in [0.15, 0.2) is 6.10 Å². The normalized spacial score (nSPS) is 25.7. The van der Waals surface area contributed by atoms with Gasteiger partial charge in [-0.25, -0.2) is 9.59 Å². The number of unbranched alkanes of at least 4 members (excludes halogenated alkanes) is 7. The second-order valence-corrected chi connectivity index (χ2v) is 8.03. The first kappa shape index (κ1) is 23.4. The fourth-order valence-electron chi connectivity index (χ4n) is 3.89. The van der Waals surface area contributed by atoms with Gasteiger partial charge in [0.2, 0.25) is 5.54 Å². The summed E-state index contributed by atoms with van der Waals surface area (Å²) in [6.07, 6.45) is 13.5. The molecule has 29 heavy (non-hydrogen) atoms. The number of hydrogen-bond donors (Lipinski definition) is 2. The van der Waals surface area contributed by atoms with Gasteiger partial charge in [0, 0.05) is 19.3 Å². The Kier molecular flexibility index (Phi) is 9.64. The molecule has 2 aliphatic heterocycles. The van der Waals surface area contributed by atoms with Gasteiger partial charge < -0.3 is 14.6 Å². The Balaban J connectivity index is 1.53. The van der Waals surface area contributed by atoms with Crippen molar-refractivity contribution in [3.8, 4) is 0 Å². The van der Waals surface area contributed by atoms with Crippen LogP contribution in [0.3, 0.4) is 0 Å². The van der Waals surface area contributed by atoms with E-state index >= 15 is 0 Å². The highest BCUT2D eigenvalue weighted by molar-refractivity contribution is 5.92. The van der Waals surface area contributed by atoms with Gasteiger partial charge in [-0.05, 0) is 25.7 Å². The largest absolute Gasteiger partial charge is 0.456 e. The lowest BCUT2D eigenvalue weighted by Crippen LogP contribution is -2.55. The third-order valence-corrected chi connectivity index (χ3v) is 5.68. The SMILES string of the molecule is CCCCCCC(=O)CCCCCC/C=C/C[C@H]1OC(=O)[C@@]2(CO)NC(=O)O[C@@H]12. The van der Waals surface area contributed by atoms with Crippen molar-refractivity contribution >= 4 is 17.8 Å². The van der Waals surface area contributed by atoms with Gasteiger partial charge in [0.1, 0.15) is 11.9 Å². The van der Waals surface area contributed by atoms with E-state index in [1.54, 1.807) is 0 Å². The van der Waals surface area contributed by atoms with Crippen molar-refractivity contribution in [1.29, 1.82) is 0 Å². The van der Waals surface area contributed by atoms with Gasteiger partial charge in [-0.3, -0.25) is 10.1 Å². The average molecular weight is 410 g/mol. The molecule has 7 heteroatoms. The molecular formula is C22H35NO6. The number of ether oxygens (including phenoxy) is 2.